The lowest BCUT2D eigenvalue weighted by Gasteiger charge is -2.24. The zero-order valence-corrected chi connectivity index (χ0v) is 9.85. The molecular formula is C11H20N4O. The van der Waals surface area contributed by atoms with Gasteiger partial charge in [0.05, 0.1) is 0 Å². The standard InChI is InChI=1S/C11H20N4O/c1-9(5-6-12)10-13-11(14-16-10)15-7-3-2-4-8-15/h9H,2-8,12H2,1H3. The molecule has 90 valence electrons. The quantitative estimate of drug-likeness (QED) is 0.839. The molecule has 0 bridgehead atoms. The molecule has 1 aromatic rings. The SMILES string of the molecule is CC(CCN)c1nc(N2CCCCC2)no1. The van der Waals surface area contributed by atoms with Crippen molar-refractivity contribution < 1.29 is 4.52 Å². The van der Waals surface area contributed by atoms with Crippen LogP contribution in [-0.2, 0) is 0 Å². The molecule has 2 heterocycles. The maximum Gasteiger partial charge on any atom is 0.266 e. The second-order valence-electron chi connectivity index (χ2n) is 4.46. The fraction of sp³-hybridized carbons (Fsp3) is 0.818. The van der Waals surface area contributed by atoms with E-state index in [1.54, 1.807) is 0 Å². The molecule has 1 aliphatic rings. The average molecular weight is 224 g/mol. The minimum absolute atomic E-state index is 0.260. The van der Waals surface area contributed by atoms with Gasteiger partial charge < -0.3 is 15.2 Å². The summed E-state index contributed by atoms with van der Waals surface area (Å²) in [5, 5.41) is 4.04. The highest BCUT2D eigenvalue weighted by molar-refractivity contribution is 5.28. The summed E-state index contributed by atoms with van der Waals surface area (Å²) < 4.78 is 5.27. The van der Waals surface area contributed by atoms with Crippen LogP contribution in [0.2, 0.25) is 0 Å². The zero-order valence-electron chi connectivity index (χ0n) is 9.85. The van der Waals surface area contributed by atoms with E-state index < -0.39 is 0 Å². The number of nitrogens with two attached hydrogens (primary N) is 1. The molecular weight excluding hydrogens is 204 g/mol. The molecule has 1 saturated heterocycles. The number of hydrogen-bond acceptors (Lipinski definition) is 5. The van der Waals surface area contributed by atoms with Crippen LogP contribution in [0.5, 0.6) is 0 Å². The molecule has 0 amide bonds. The van der Waals surface area contributed by atoms with Gasteiger partial charge in [0.1, 0.15) is 0 Å². The summed E-state index contributed by atoms with van der Waals surface area (Å²) in [6, 6.07) is 0. The Labute approximate surface area is 96.0 Å². The van der Waals surface area contributed by atoms with E-state index in [9.17, 15) is 0 Å². The van der Waals surface area contributed by atoms with E-state index in [4.69, 9.17) is 10.3 Å². The highest BCUT2D eigenvalue weighted by Gasteiger charge is 2.19. The van der Waals surface area contributed by atoms with Crippen molar-refractivity contribution in [2.24, 2.45) is 5.73 Å². The largest absolute Gasteiger partial charge is 0.338 e. The summed E-state index contributed by atoms with van der Waals surface area (Å²) in [5.41, 5.74) is 5.52. The molecule has 0 aromatic carbocycles. The first-order chi connectivity index (χ1) is 7.81. The van der Waals surface area contributed by atoms with Crippen LogP contribution < -0.4 is 10.6 Å². The van der Waals surface area contributed by atoms with E-state index in [1.165, 1.54) is 19.3 Å². The lowest BCUT2D eigenvalue weighted by molar-refractivity contribution is 0.353. The Hall–Kier alpha value is -1.10. The smallest absolute Gasteiger partial charge is 0.266 e. The molecule has 1 aliphatic heterocycles. The van der Waals surface area contributed by atoms with Crippen molar-refractivity contribution in [1.29, 1.82) is 0 Å². The minimum Gasteiger partial charge on any atom is -0.338 e. The molecule has 5 nitrogen and oxygen atoms in total. The molecule has 0 radical (unpaired) electrons. The zero-order chi connectivity index (χ0) is 11.4. The first kappa shape index (κ1) is 11.4. The predicted molar refractivity (Wildman–Crippen MR) is 62.4 cm³/mol. The average Bonchev–Trinajstić information content (AvgIpc) is 2.80. The van der Waals surface area contributed by atoms with Crippen molar-refractivity contribution in [3.8, 4) is 0 Å². The Bertz CT molecular complexity index is 320. The highest BCUT2D eigenvalue weighted by Crippen LogP contribution is 2.21. The molecule has 2 rings (SSSR count). The first-order valence-electron chi connectivity index (χ1n) is 6.10. The van der Waals surface area contributed by atoms with Crippen LogP contribution >= 0.6 is 0 Å². The Morgan fingerprint density at radius 3 is 2.81 bits per heavy atom. The maximum atomic E-state index is 5.52. The van der Waals surface area contributed by atoms with Crippen molar-refractivity contribution in [3.05, 3.63) is 5.89 Å². The van der Waals surface area contributed by atoms with Gasteiger partial charge in [0.25, 0.3) is 5.95 Å². The summed E-state index contributed by atoms with van der Waals surface area (Å²) in [6.45, 7) is 4.82. The number of aromatic nitrogens is 2. The number of piperidine rings is 1. The number of hydrogen-bond donors (Lipinski definition) is 1. The number of anilines is 1. The summed E-state index contributed by atoms with van der Waals surface area (Å²) in [7, 11) is 0. The molecule has 16 heavy (non-hydrogen) atoms. The third-order valence-corrected chi connectivity index (χ3v) is 3.09. The fourth-order valence-electron chi connectivity index (χ4n) is 2.02. The monoisotopic (exact) mass is 224 g/mol. The predicted octanol–water partition coefficient (Wildman–Crippen LogP) is 1.51. The van der Waals surface area contributed by atoms with E-state index in [1.807, 2.05) is 0 Å². The van der Waals surface area contributed by atoms with Crippen LogP contribution in [0.15, 0.2) is 4.52 Å². The third-order valence-electron chi connectivity index (χ3n) is 3.09. The molecule has 5 heteroatoms. The van der Waals surface area contributed by atoms with Gasteiger partial charge in [-0.25, -0.2) is 0 Å². The van der Waals surface area contributed by atoms with E-state index in [2.05, 4.69) is 22.0 Å². The molecule has 0 saturated carbocycles. The van der Waals surface area contributed by atoms with Crippen molar-refractivity contribution in [1.82, 2.24) is 10.1 Å². The molecule has 1 atom stereocenters. The Morgan fingerprint density at radius 2 is 2.12 bits per heavy atom. The Morgan fingerprint density at radius 1 is 1.38 bits per heavy atom. The summed E-state index contributed by atoms with van der Waals surface area (Å²) in [6.07, 6.45) is 4.65. The normalized spacial score (nSPS) is 18.8. The molecule has 0 spiro atoms. The van der Waals surface area contributed by atoms with Gasteiger partial charge >= 0.3 is 0 Å². The second kappa shape index (κ2) is 5.30. The van der Waals surface area contributed by atoms with Crippen molar-refractivity contribution in [2.45, 2.75) is 38.5 Å². The van der Waals surface area contributed by atoms with E-state index >= 15 is 0 Å². The number of rotatable bonds is 4. The molecule has 2 N–H and O–H groups in total. The van der Waals surface area contributed by atoms with Gasteiger partial charge in [-0.2, -0.15) is 4.98 Å². The van der Waals surface area contributed by atoms with Gasteiger partial charge in [0.2, 0.25) is 5.89 Å². The van der Waals surface area contributed by atoms with Gasteiger partial charge in [-0.1, -0.05) is 6.92 Å². The van der Waals surface area contributed by atoms with Crippen molar-refractivity contribution >= 4 is 5.95 Å². The summed E-state index contributed by atoms with van der Waals surface area (Å²) in [4.78, 5) is 6.65. The van der Waals surface area contributed by atoms with Crippen LogP contribution in [0, 0.1) is 0 Å². The van der Waals surface area contributed by atoms with Gasteiger partial charge in [-0.3, -0.25) is 0 Å². The lowest BCUT2D eigenvalue weighted by Crippen LogP contribution is -2.30. The van der Waals surface area contributed by atoms with Gasteiger partial charge in [0, 0.05) is 19.0 Å². The van der Waals surface area contributed by atoms with Crippen LogP contribution in [-0.4, -0.2) is 29.8 Å². The highest BCUT2D eigenvalue weighted by atomic mass is 16.5. The van der Waals surface area contributed by atoms with E-state index in [-0.39, 0.29) is 5.92 Å². The van der Waals surface area contributed by atoms with Crippen LogP contribution in [0.25, 0.3) is 0 Å². The van der Waals surface area contributed by atoms with Gasteiger partial charge in [0.15, 0.2) is 0 Å². The van der Waals surface area contributed by atoms with Crippen molar-refractivity contribution in [2.75, 3.05) is 24.5 Å². The van der Waals surface area contributed by atoms with E-state index in [0.717, 1.165) is 25.5 Å². The Kier molecular flexibility index (Phi) is 3.77. The van der Waals surface area contributed by atoms with Crippen LogP contribution in [0.3, 0.4) is 0 Å². The molecule has 0 aliphatic carbocycles. The number of nitrogens with zero attached hydrogens (tertiary/aromatic N) is 3. The molecule has 1 aromatic heterocycles. The van der Waals surface area contributed by atoms with Crippen molar-refractivity contribution in [3.63, 3.8) is 0 Å². The fourth-order valence-corrected chi connectivity index (χ4v) is 2.02. The summed E-state index contributed by atoms with van der Waals surface area (Å²) in [5.74, 6) is 1.72. The van der Waals surface area contributed by atoms with Crippen LogP contribution in [0.4, 0.5) is 5.95 Å². The van der Waals surface area contributed by atoms with E-state index in [0.29, 0.717) is 12.4 Å². The Balaban J connectivity index is 2.00. The topological polar surface area (TPSA) is 68.2 Å². The summed E-state index contributed by atoms with van der Waals surface area (Å²) >= 11 is 0. The van der Waals surface area contributed by atoms with Gasteiger partial charge in [-0.15, -0.1) is 0 Å². The first-order valence-corrected chi connectivity index (χ1v) is 6.10. The van der Waals surface area contributed by atoms with Gasteiger partial charge in [-0.05, 0) is 37.4 Å². The third kappa shape index (κ3) is 2.52. The molecule has 1 unspecified atom stereocenters. The maximum absolute atomic E-state index is 5.52. The van der Waals surface area contributed by atoms with Crippen LogP contribution in [0.1, 0.15) is 44.4 Å². The molecule has 1 fully saturated rings. The second-order valence-corrected chi connectivity index (χ2v) is 4.46. The minimum atomic E-state index is 0.260. The lowest BCUT2D eigenvalue weighted by atomic mass is 10.1.